The lowest BCUT2D eigenvalue weighted by molar-refractivity contribution is -0.0856. The van der Waals surface area contributed by atoms with Crippen molar-refractivity contribution in [2.24, 2.45) is 7.05 Å². The van der Waals surface area contributed by atoms with Crippen LogP contribution in [0.5, 0.6) is 0 Å². The van der Waals surface area contributed by atoms with Gasteiger partial charge in [-0.2, -0.15) is 4.31 Å². The number of amides is 1. The lowest BCUT2D eigenvalue weighted by atomic mass is 9.78. The van der Waals surface area contributed by atoms with Gasteiger partial charge in [-0.05, 0) is 31.4 Å². The summed E-state index contributed by atoms with van der Waals surface area (Å²) < 4.78 is 56.9. The van der Waals surface area contributed by atoms with E-state index in [2.05, 4.69) is 15.2 Å². The summed E-state index contributed by atoms with van der Waals surface area (Å²) in [6.45, 7) is 3.37. The van der Waals surface area contributed by atoms with Gasteiger partial charge in [0.25, 0.3) is 15.9 Å². The van der Waals surface area contributed by atoms with E-state index in [0.717, 1.165) is 5.56 Å². The molecule has 194 valence electrons. The number of benzene rings is 1. The van der Waals surface area contributed by atoms with Crippen LogP contribution in [0.4, 0.5) is 8.78 Å². The minimum Gasteiger partial charge on any atom is -0.350 e. The molecule has 0 bridgehead atoms. The number of aryl methyl sites for hydroxylation is 2. The molecule has 0 spiro atoms. The second-order valence-corrected chi connectivity index (χ2v) is 11.2. The number of nitrogens with one attached hydrogen (secondary N) is 1. The van der Waals surface area contributed by atoms with Crippen LogP contribution in [-0.2, 0) is 17.1 Å². The SMILES string of the molecule is Cc1ccccc1C(=O)NCC1(N2CCN(S(=O)(=O)c3cn(C)cn3)CC2)CCC(F)(F)CC1.Cl. The maximum atomic E-state index is 14.0. The maximum absolute atomic E-state index is 14.0. The van der Waals surface area contributed by atoms with Crippen LogP contribution in [0, 0.1) is 6.92 Å². The first-order valence-electron chi connectivity index (χ1n) is 11.5. The minimum atomic E-state index is -3.72. The van der Waals surface area contributed by atoms with Crippen LogP contribution < -0.4 is 5.32 Å². The third-order valence-corrected chi connectivity index (χ3v) is 8.86. The second kappa shape index (κ2) is 10.5. The van der Waals surface area contributed by atoms with E-state index >= 15 is 0 Å². The predicted molar refractivity (Wildman–Crippen MR) is 130 cm³/mol. The Hall–Kier alpha value is -2.08. The lowest BCUT2D eigenvalue weighted by Crippen LogP contribution is -2.63. The van der Waals surface area contributed by atoms with Crippen LogP contribution in [0.15, 0.2) is 41.8 Å². The molecule has 1 aliphatic carbocycles. The molecule has 1 amide bonds. The highest BCUT2D eigenvalue weighted by atomic mass is 35.5. The molecule has 8 nitrogen and oxygen atoms in total. The van der Waals surface area contributed by atoms with Gasteiger partial charge in [0.1, 0.15) is 0 Å². The summed E-state index contributed by atoms with van der Waals surface area (Å²) in [5.74, 6) is -2.95. The van der Waals surface area contributed by atoms with Crippen molar-refractivity contribution in [1.29, 1.82) is 0 Å². The van der Waals surface area contributed by atoms with Gasteiger partial charge in [0, 0.05) is 69.9 Å². The van der Waals surface area contributed by atoms with Crippen molar-refractivity contribution in [1.82, 2.24) is 24.1 Å². The average Bonchev–Trinajstić information content (AvgIpc) is 3.26. The molecule has 2 aliphatic rings. The number of halogens is 3. The van der Waals surface area contributed by atoms with Crippen molar-refractivity contribution in [2.45, 2.75) is 49.1 Å². The van der Waals surface area contributed by atoms with Crippen LogP contribution in [0.1, 0.15) is 41.6 Å². The zero-order valence-corrected chi connectivity index (χ0v) is 21.5. The lowest BCUT2D eigenvalue weighted by Gasteiger charge is -2.50. The highest BCUT2D eigenvalue weighted by Crippen LogP contribution is 2.42. The number of imidazole rings is 1. The Bertz CT molecular complexity index is 1140. The number of sulfonamides is 1. The van der Waals surface area contributed by atoms with Crippen molar-refractivity contribution >= 4 is 28.3 Å². The number of alkyl halides is 2. The van der Waals surface area contributed by atoms with E-state index in [1.165, 1.54) is 16.8 Å². The summed E-state index contributed by atoms with van der Waals surface area (Å²) in [6, 6.07) is 7.25. The van der Waals surface area contributed by atoms with Crippen molar-refractivity contribution < 1.29 is 22.0 Å². The summed E-state index contributed by atoms with van der Waals surface area (Å²) in [5.41, 5.74) is 0.767. The molecule has 1 saturated carbocycles. The van der Waals surface area contributed by atoms with E-state index < -0.39 is 21.5 Å². The van der Waals surface area contributed by atoms with Crippen LogP contribution >= 0.6 is 12.4 Å². The van der Waals surface area contributed by atoms with Gasteiger partial charge in [-0.15, -0.1) is 12.4 Å². The Morgan fingerprint density at radius 1 is 1.09 bits per heavy atom. The number of hydrogen-bond acceptors (Lipinski definition) is 5. The maximum Gasteiger partial charge on any atom is 0.262 e. The van der Waals surface area contributed by atoms with E-state index in [0.29, 0.717) is 18.7 Å². The normalized spacial score (nSPS) is 20.7. The number of rotatable bonds is 6. The van der Waals surface area contributed by atoms with Crippen molar-refractivity contribution in [3.05, 3.63) is 47.9 Å². The summed E-state index contributed by atoms with van der Waals surface area (Å²) in [6.07, 6.45) is 2.88. The molecule has 2 heterocycles. The molecule has 1 saturated heterocycles. The highest BCUT2D eigenvalue weighted by molar-refractivity contribution is 7.89. The highest BCUT2D eigenvalue weighted by Gasteiger charge is 2.48. The van der Waals surface area contributed by atoms with Gasteiger partial charge in [0.15, 0.2) is 5.03 Å². The molecule has 1 N–H and O–H groups in total. The number of carbonyl (C=O) groups is 1. The summed E-state index contributed by atoms with van der Waals surface area (Å²) >= 11 is 0. The minimum absolute atomic E-state index is 0. The molecule has 0 atom stereocenters. The number of hydrogen-bond donors (Lipinski definition) is 1. The first-order valence-corrected chi connectivity index (χ1v) is 12.9. The first kappa shape index (κ1) is 27.5. The van der Waals surface area contributed by atoms with Crippen LogP contribution in [0.3, 0.4) is 0 Å². The average molecular weight is 532 g/mol. The van der Waals surface area contributed by atoms with Crippen molar-refractivity contribution in [3.8, 4) is 0 Å². The number of carbonyl (C=O) groups excluding carboxylic acids is 1. The van der Waals surface area contributed by atoms with Crippen LogP contribution in [0.25, 0.3) is 0 Å². The molecule has 4 rings (SSSR count). The van der Waals surface area contributed by atoms with Crippen LogP contribution in [0.2, 0.25) is 0 Å². The molecule has 35 heavy (non-hydrogen) atoms. The molecule has 1 aliphatic heterocycles. The fourth-order valence-corrected chi connectivity index (χ4v) is 6.30. The van der Waals surface area contributed by atoms with Gasteiger partial charge in [-0.25, -0.2) is 22.2 Å². The van der Waals surface area contributed by atoms with Gasteiger partial charge in [0.2, 0.25) is 5.92 Å². The Labute approximate surface area is 211 Å². The topological polar surface area (TPSA) is 87.5 Å². The largest absolute Gasteiger partial charge is 0.350 e. The van der Waals surface area contributed by atoms with E-state index in [1.54, 1.807) is 23.7 Å². The fraction of sp³-hybridized carbons (Fsp3) is 0.565. The van der Waals surface area contributed by atoms with Crippen molar-refractivity contribution in [3.63, 3.8) is 0 Å². The van der Waals surface area contributed by atoms with Crippen LogP contribution in [-0.4, -0.2) is 77.3 Å². The Morgan fingerprint density at radius 2 is 1.71 bits per heavy atom. The monoisotopic (exact) mass is 531 g/mol. The molecular formula is C23H32ClF2N5O3S. The van der Waals surface area contributed by atoms with E-state index in [9.17, 15) is 22.0 Å². The zero-order valence-electron chi connectivity index (χ0n) is 19.9. The number of piperazine rings is 1. The third kappa shape index (κ3) is 5.84. The Morgan fingerprint density at radius 3 is 2.29 bits per heavy atom. The molecule has 1 aromatic carbocycles. The standard InChI is InChI=1S/C23H31F2N5O3S.ClH/c1-18-5-3-4-6-19(18)21(31)26-16-22(7-9-23(24,25)10-8-22)29-11-13-30(14-12-29)34(32,33)20-15-28(2)17-27-20;/h3-6,15,17H,7-14,16H2,1-2H3,(H,26,31);1H. The Kier molecular flexibility index (Phi) is 8.25. The zero-order chi connectivity index (χ0) is 24.6. The fourth-order valence-electron chi connectivity index (χ4n) is 4.91. The van der Waals surface area contributed by atoms with Gasteiger partial charge in [-0.1, -0.05) is 18.2 Å². The molecular weight excluding hydrogens is 500 g/mol. The molecule has 12 heteroatoms. The molecule has 2 aromatic rings. The van der Waals surface area contributed by atoms with E-state index in [1.807, 2.05) is 19.1 Å². The molecule has 2 fully saturated rings. The predicted octanol–water partition coefficient (Wildman–Crippen LogP) is 2.83. The summed E-state index contributed by atoms with van der Waals surface area (Å²) in [7, 11) is -2.01. The molecule has 0 unspecified atom stereocenters. The van der Waals surface area contributed by atoms with Gasteiger partial charge in [0.05, 0.1) is 6.33 Å². The molecule has 0 radical (unpaired) electrons. The summed E-state index contributed by atoms with van der Waals surface area (Å²) in [5, 5.41) is 2.98. The molecule has 1 aromatic heterocycles. The van der Waals surface area contributed by atoms with E-state index in [-0.39, 0.29) is 68.7 Å². The second-order valence-electron chi connectivity index (χ2n) is 9.35. The smallest absolute Gasteiger partial charge is 0.262 e. The van der Waals surface area contributed by atoms with Gasteiger partial charge >= 0.3 is 0 Å². The van der Waals surface area contributed by atoms with Crippen molar-refractivity contribution in [2.75, 3.05) is 32.7 Å². The number of aromatic nitrogens is 2. The summed E-state index contributed by atoms with van der Waals surface area (Å²) in [4.78, 5) is 18.9. The van der Waals surface area contributed by atoms with Gasteiger partial charge in [-0.3, -0.25) is 9.69 Å². The quantitative estimate of drug-likeness (QED) is 0.619. The van der Waals surface area contributed by atoms with Gasteiger partial charge < -0.3 is 9.88 Å². The number of nitrogens with zero attached hydrogens (tertiary/aromatic N) is 4. The van der Waals surface area contributed by atoms with E-state index in [4.69, 9.17) is 0 Å². The Balaban J connectivity index is 0.00000342. The first-order chi connectivity index (χ1) is 16.0. The third-order valence-electron chi connectivity index (χ3n) is 7.07.